The third kappa shape index (κ3) is 4.95. The van der Waals surface area contributed by atoms with Crippen LogP contribution in [0.2, 0.25) is 18.1 Å². The number of hydrogen-bond donors (Lipinski definition) is 1. The highest BCUT2D eigenvalue weighted by Gasteiger charge is 2.63. The highest BCUT2D eigenvalue weighted by Crippen LogP contribution is 2.66. The fourth-order valence-electron chi connectivity index (χ4n) is 2.59. The average molecular weight is 397 g/mol. The van der Waals surface area contributed by atoms with Crippen molar-refractivity contribution in [2.24, 2.45) is 0 Å². The third-order valence-electron chi connectivity index (χ3n) is 4.87. The van der Waals surface area contributed by atoms with Crippen molar-refractivity contribution in [3.05, 3.63) is 0 Å². The molecule has 8 heteroatoms. The molecule has 0 radical (unpaired) electrons. The molecular weight excluding hydrogens is 359 g/mol. The molecule has 0 spiro atoms. The molecule has 0 amide bonds. The van der Waals surface area contributed by atoms with E-state index in [4.69, 9.17) is 18.2 Å². The van der Waals surface area contributed by atoms with Crippen molar-refractivity contribution in [1.29, 1.82) is 0 Å². The molecule has 1 saturated heterocycles. The summed E-state index contributed by atoms with van der Waals surface area (Å²) < 4.78 is 37.6. The summed E-state index contributed by atoms with van der Waals surface area (Å²) in [6, 6.07) is 0. The molecular formula is C17H37O6PSi. The Kier molecular flexibility index (Phi) is 7.54. The van der Waals surface area contributed by atoms with Gasteiger partial charge in [0.25, 0.3) is 0 Å². The molecule has 0 saturated carbocycles. The quantitative estimate of drug-likeness (QED) is 0.480. The fourth-order valence-corrected chi connectivity index (χ4v) is 6.54. The van der Waals surface area contributed by atoms with Crippen LogP contribution in [0.1, 0.15) is 54.9 Å². The van der Waals surface area contributed by atoms with E-state index >= 15 is 0 Å². The van der Waals surface area contributed by atoms with Crippen LogP contribution < -0.4 is 0 Å². The van der Waals surface area contributed by atoms with Crippen LogP contribution in [0.25, 0.3) is 0 Å². The molecule has 1 aliphatic heterocycles. The Labute approximate surface area is 154 Å². The summed E-state index contributed by atoms with van der Waals surface area (Å²) >= 11 is 0. The Morgan fingerprint density at radius 2 is 1.68 bits per heavy atom. The van der Waals surface area contributed by atoms with E-state index in [9.17, 15) is 9.67 Å². The predicted octanol–water partition coefficient (Wildman–Crippen LogP) is 4.53. The number of aliphatic hydroxyl groups is 1. The summed E-state index contributed by atoms with van der Waals surface area (Å²) in [5.41, 5.74) is 0. The number of aliphatic hydroxyl groups excluding tert-OH is 1. The Hall–Kier alpha value is 0.247. The van der Waals surface area contributed by atoms with Gasteiger partial charge in [-0.1, -0.05) is 20.8 Å². The Bertz CT molecular complexity index is 474. The number of hydrogen-bond acceptors (Lipinski definition) is 6. The van der Waals surface area contributed by atoms with Crippen molar-refractivity contribution in [2.75, 3.05) is 13.2 Å². The van der Waals surface area contributed by atoms with Gasteiger partial charge in [0.1, 0.15) is 0 Å². The highest BCUT2D eigenvalue weighted by atomic mass is 31.2. The van der Waals surface area contributed by atoms with Crippen molar-refractivity contribution < 1.29 is 27.9 Å². The Morgan fingerprint density at radius 3 is 2.04 bits per heavy atom. The van der Waals surface area contributed by atoms with Gasteiger partial charge in [0.15, 0.2) is 8.32 Å². The van der Waals surface area contributed by atoms with Gasteiger partial charge in [-0.25, -0.2) is 0 Å². The maximum atomic E-state index is 13.7. The van der Waals surface area contributed by atoms with E-state index in [1.54, 1.807) is 27.7 Å². The van der Waals surface area contributed by atoms with Crippen molar-refractivity contribution in [1.82, 2.24) is 0 Å². The maximum absolute atomic E-state index is 13.7. The standard InChI is InChI=1S/C17H37O6PSi/c1-13(2)21-24(19,22-14(3)4)17(12-18)15(10-11-20-17)23-25(8,9)16(5,6)7/h13-15,18H,10-12H2,1-9H3/t15?,17-/m0/s1. The molecule has 1 fully saturated rings. The van der Waals surface area contributed by atoms with E-state index in [-0.39, 0.29) is 17.2 Å². The molecule has 6 nitrogen and oxygen atoms in total. The predicted molar refractivity (Wildman–Crippen MR) is 103 cm³/mol. The maximum Gasteiger partial charge on any atom is 0.367 e. The summed E-state index contributed by atoms with van der Waals surface area (Å²) in [4.78, 5) is 0. The summed E-state index contributed by atoms with van der Waals surface area (Å²) in [5.74, 6) is 0. The lowest BCUT2D eigenvalue weighted by molar-refractivity contribution is -0.0550. The second kappa shape index (κ2) is 8.09. The molecule has 2 atom stereocenters. The smallest absolute Gasteiger partial charge is 0.367 e. The van der Waals surface area contributed by atoms with Crippen molar-refractivity contribution >= 4 is 15.9 Å². The van der Waals surface area contributed by atoms with E-state index in [0.29, 0.717) is 13.0 Å². The first-order valence-electron chi connectivity index (χ1n) is 9.10. The molecule has 0 aromatic heterocycles. The van der Waals surface area contributed by atoms with Crippen LogP contribution in [0.3, 0.4) is 0 Å². The zero-order valence-corrected chi connectivity index (χ0v) is 19.2. The summed E-state index contributed by atoms with van der Waals surface area (Å²) in [6.45, 7) is 17.7. The lowest BCUT2D eigenvalue weighted by Gasteiger charge is -2.44. The van der Waals surface area contributed by atoms with E-state index in [1.807, 2.05) is 0 Å². The Balaban J connectivity index is 3.29. The minimum Gasteiger partial charge on any atom is -0.410 e. The molecule has 1 heterocycles. The molecule has 25 heavy (non-hydrogen) atoms. The average Bonchev–Trinajstić information content (AvgIpc) is 2.78. The van der Waals surface area contributed by atoms with Gasteiger partial charge in [-0.3, -0.25) is 4.57 Å². The minimum absolute atomic E-state index is 0.0153. The zero-order chi connectivity index (χ0) is 19.7. The summed E-state index contributed by atoms with van der Waals surface area (Å²) in [5, 5.41) is 8.74. The van der Waals surface area contributed by atoms with Gasteiger partial charge in [0.05, 0.1) is 31.5 Å². The van der Waals surface area contributed by atoms with E-state index in [1.165, 1.54) is 0 Å². The Morgan fingerprint density at radius 1 is 1.20 bits per heavy atom. The molecule has 0 aliphatic carbocycles. The van der Waals surface area contributed by atoms with Crippen molar-refractivity contribution in [3.8, 4) is 0 Å². The van der Waals surface area contributed by atoms with E-state index in [2.05, 4.69) is 33.9 Å². The summed E-state index contributed by atoms with van der Waals surface area (Å²) in [6.07, 6.45) is -0.627. The van der Waals surface area contributed by atoms with Crippen molar-refractivity contribution in [3.63, 3.8) is 0 Å². The first-order valence-corrected chi connectivity index (χ1v) is 13.6. The molecule has 0 bridgehead atoms. The molecule has 1 N–H and O–H groups in total. The molecule has 0 aromatic carbocycles. The van der Waals surface area contributed by atoms with Crippen LogP contribution >= 0.6 is 7.60 Å². The zero-order valence-electron chi connectivity index (χ0n) is 17.3. The van der Waals surface area contributed by atoms with E-state index < -0.39 is 34.0 Å². The van der Waals surface area contributed by atoms with Crippen LogP contribution in [0.15, 0.2) is 0 Å². The number of rotatable bonds is 8. The van der Waals surface area contributed by atoms with Crippen LogP contribution in [0.5, 0.6) is 0 Å². The van der Waals surface area contributed by atoms with Crippen LogP contribution in [-0.4, -0.2) is 50.3 Å². The topological polar surface area (TPSA) is 74.2 Å². The molecule has 1 aliphatic rings. The van der Waals surface area contributed by atoms with Gasteiger partial charge in [0.2, 0.25) is 5.34 Å². The van der Waals surface area contributed by atoms with Crippen LogP contribution in [0, 0.1) is 0 Å². The second-order valence-electron chi connectivity index (χ2n) is 8.81. The summed E-state index contributed by atoms with van der Waals surface area (Å²) in [7, 11) is -5.94. The largest absolute Gasteiger partial charge is 0.410 e. The molecule has 150 valence electrons. The monoisotopic (exact) mass is 396 g/mol. The van der Waals surface area contributed by atoms with Gasteiger partial charge in [-0.15, -0.1) is 0 Å². The van der Waals surface area contributed by atoms with Crippen LogP contribution in [0.4, 0.5) is 0 Å². The third-order valence-corrected chi connectivity index (χ3v) is 12.2. The van der Waals surface area contributed by atoms with Gasteiger partial charge < -0.3 is 23.3 Å². The van der Waals surface area contributed by atoms with Gasteiger partial charge in [-0.2, -0.15) is 0 Å². The molecule has 1 unspecified atom stereocenters. The first kappa shape index (κ1) is 23.3. The lowest BCUT2D eigenvalue weighted by atomic mass is 10.2. The van der Waals surface area contributed by atoms with Gasteiger partial charge in [-0.05, 0) is 52.2 Å². The van der Waals surface area contributed by atoms with Crippen LogP contribution in [-0.2, 0) is 22.8 Å². The van der Waals surface area contributed by atoms with Gasteiger partial charge in [0, 0.05) is 0 Å². The van der Waals surface area contributed by atoms with Crippen molar-refractivity contribution in [2.45, 2.75) is 96.7 Å². The lowest BCUT2D eigenvalue weighted by Crippen LogP contribution is -2.52. The number of ether oxygens (including phenoxy) is 1. The second-order valence-corrected chi connectivity index (χ2v) is 15.7. The normalized spacial score (nSPS) is 26.0. The highest BCUT2D eigenvalue weighted by molar-refractivity contribution is 7.55. The SMILES string of the molecule is CC(C)OP(=O)(OC(C)C)[C@]1(CO)OCCC1O[Si](C)(C)C(C)(C)C. The molecule has 0 aromatic rings. The first-order chi connectivity index (χ1) is 11.2. The molecule has 1 rings (SSSR count). The fraction of sp³-hybridized carbons (Fsp3) is 1.00. The van der Waals surface area contributed by atoms with Gasteiger partial charge >= 0.3 is 7.60 Å². The van der Waals surface area contributed by atoms with E-state index in [0.717, 1.165) is 0 Å². The minimum atomic E-state index is -3.78.